The molecule has 1 aromatic carbocycles. The average molecular weight is 312 g/mol. The molecule has 1 saturated heterocycles. The number of hydrogen-bond acceptors (Lipinski definition) is 3. The second-order valence-corrected chi connectivity index (χ2v) is 6.98. The Bertz CT molecular complexity index is 423. The minimum absolute atomic E-state index is 0.0621. The van der Waals surface area contributed by atoms with Gasteiger partial charge in [0.15, 0.2) is 0 Å². The standard InChI is InChI=1S/C17H26ClNO2/c1-13(2)16(19-9-17(10-20)11-21-12-17)8-5-14-3-6-15(18)7-4-14/h3-4,6-7,13,16,19-20H,5,8-12H2,1-2H3. The monoisotopic (exact) mass is 311 g/mol. The van der Waals surface area contributed by atoms with Crippen LogP contribution in [-0.4, -0.2) is 37.5 Å². The molecule has 3 nitrogen and oxygen atoms in total. The van der Waals surface area contributed by atoms with Gasteiger partial charge in [-0.2, -0.15) is 0 Å². The van der Waals surface area contributed by atoms with Crippen LogP contribution in [0.2, 0.25) is 5.02 Å². The molecule has 4 heteroatoms. The Kier molecular flexibility index (Phi) is 6.06. The van der Waals surface area contributed by atoms with Gasteiger partial charge in [0.1, 0.15) is 0 Å². The summed E-state index contributed by atoms with van der Waals surface area (Å²) < 4.78 is 5.25. The molecule has 1 atom stereocenters. The van der Waals surface area contributed by atoms with E-state index in [4.69, 9.17) is 16.3 Å². The number of aliphatic hydroxyl groups excluding tert-OH is 1. The second kappa shape index (κ2) is 7.59. The first kappa shape index (κ1) is 16.8. The quantitative estimate of drug-likeness (QED) is 0.775. The molecule has 0 aliphatic carbocycles. The van der Waals surface area contributed by atoms with Crippen molar-refractivity contribution in [3.8, 4) is 0 Å². The SMILES string of the molecule is CC(C)C(CCc1ccc(Cl)cc1)NCC1(CO)COC1. The number of aliphatic hydroxyl groups is 1. The van der Waals surface area contributed by atoms with Gasteiger partial charge in [0, 0.05) is 17.6 Å². The molecule has 2 N–H and O–H groups in total. The minimum Gasteiger partial charge on any atom is -0.396 e. The normalized spacial score (nSPS) is 18.5. The fraction of sp³-hybridized carbons (Fsp3) is 0.647. The number of hydrogen-bond donors (Lipinski definition) is 2. The summed E-state index contributed by atoms with van der Waals surface area (Å²) in [6.07, 6.45) is 2.12. The third-order valence-corrected chi connectivity index (χ3v) is 4.61. The number of ether oxygens (including phenoxy) is 1. The molecule has 1 aliphatic heterocycles. The Hall–Kier alpha value is -0.610. The molecule has 21 heavy (non-hydrogen) atoms. The highest BCUT2D eigenvalue weighted by molar-refractivity contribution is 6.30. The molecule has 1 fully saturated rings. The Morgan fingerprint density at radius 2 is 1.95 bits per heavy atom. The molecule has 1 heterocycles. The van der Waals surface area contributed by atoms with Crippen LogP contribution in [-0.2, 0) is 11.2 Å². The fourth-order valence-corrected chi connectivity index (χ4v) is 2.76. The number of aryl methyl sites for hydroxylation is 1. The molecule has 0 amide bonds. The second-order valence-electron chi connectivity index (χ2n) is 6.55. The molecule has 1 aromatic rings. The summed E-state index contributed by atoms with van der Waals surface area (Å²) in [4.78, 5) is 0. The zero-order valence-electron chi connectivity index (χ0n) is 12.9. The van der Waals surface area contributed by atoms with E-state index in [-0.39, 0.29) is 12.0 Å². The number of benzene rings is 1. The maximum Gasteiger partial charge on any atom is 0.0579 e. The van der Waals surface area contributed by atoms with E-state index in [0.717, 1.165) is 24.4 Å². The van der Waals surface area contributed by atoms with Crippen molar-refractivity contribution in [2.75, 3.05) is 26.4 Å². The highest BCUT2D eigenvalue weighted by Crippen LogP contribution is 2.26. The smallest absolute Gasteiger partial charge is 0.0579 e. The number of halogens is 1. The third-order valence-electron chi connectivity index (χ3n) is 4.35. The maximum atomic E-state index is 9.49. The number of rotatable bonds is 8. The van der Waals surface area contributed by atoms with Crippen molar-refractivity contribution in [3.63, 3.8) is 0 Å². The topological polar surface area (TPSA) is 41.5 Å². The van der Waals surface area contributed by atoms with Crippen LogP contribution < -0.4 is 5.32 Å². The van der Waals surface area contributed by atoms with E-state index in [1.54, 1.807) is 0 Å². The van der Waals surface area contributed by atoms with E-state index in [1.165, 1.54) is 5.56 Å². The van der Waals surface area contributed by atoms with Crippen molar-refractivity contribution >= 4 is 11.6 Å². The lowest BCUT2D eigenvalue weighted by Gasteiger charge is -2.41. The van der Waals surface area contributed by atoms with E-state index in [9.17, 15) is 5.11 Å². The molecule has 0 bridgehead atoms. The lowest BCUT2D eigenvalue weighted by molar-refractivity contribution is -0.135. The first-order chi connectivity index (χ1) is 10.0. The van der Waals surface area contributed by atoms with Gasteiger partial charge in [-0.25, -0.2) is 0 Å². The van der Waals surface area contributed by atoms with E-state index < -0.39 is 0 Å². The van der Waals surface area contributed by atoms with Gasteiger partial charge in [0.05, 0.1) is 25.2 Å². The van der Waals surface area contributed by atoms with Crippen molar-refractivity contribution in [1.82, 2.24) is 5.32 Å². The van der Waals surface area contributed by atoms with Crippen molar-refractivity contribution in [3.05, 3.63) is 34.9 Å². The predicted octanol–water partition coefficient (Wildman–Crippen LogP) is 2.90. The average Bonchev–Trinajstić information content (AvgIpc) is 2.42. The van der Waals surface area contributed by atoms with E-state index >= 15 is 0 Å². The van der Waals surface area contributed by atoms with Crippen LogP contribution in [0, 0.1) is 11.3 Å². The predicted molar refractivity (Wildman–Crippen MR) is 86.7 cm³/mol. The first-order valence-electron chi connectivity index (χ1n) is 7.71. The Morgan fingerprint density at radius 1 is 1.29 bits per heavy atom. The summed E-state index contributed by atoms with van der Waals surface area (Å²) in [6, 6.07) is 8.52. The van der Waals surface area contributed by atoms with Gasteiger partial charge in [-0.3, -0.25) is 0 Å². The van der Waals surface area contributed by atoms with E-state index in [1.807, 2.05) is 12.1 Å². The van der Waals surface area contributed by atoms with Crippen LogP contribution in [0.4, 0.5) is 0 Å². The molecule has 0 radical (unpaired) electrons. The van der Waals surface area contributed by atoms with Crippen molar-refractivity contribution in [2.45, 2.75) is 32.7 Å². The largest absolute Gasteiger partial charge is 0.396 e. The van der Waals surface area contributed by atoms with Gasteiger partial charge >= 0.3 is 0 Å². The molecule has 1 unspecified atom stereocenters. The van der Waals surface area contributed by atoms with Gasteiger partial charge in [-0.15, -0.1) is 0 Å². The molecule has 0 saturated carbocycles. The Morgan fingerprint density at radius 3 is 2.43 bits per heavy atom. The summed E-state index contributed by atoms with van der Waals surface area (Å²) >= 11 is 5.92. The summed E-state index contributed by atoms with van der Waals surface area (Å²) in [7, 11) is 0. The Labute approximate surface area is 132 Å². The van der Waals surface area contributed by atoms with E-state index in [0.29, 0.717) is 25.2 Å². The van der Waals surface area contributed by atoms with Crippen molar-refractivity contribution in [2.24, 2.45) is 11.3 Å². The van der Waals surface area contributed by atoms with Crippen molar-refractivity contribution in [1.29, 1.82) is 0 Å². The number of nitrogens with one attached hydrogen (secondary N) is 1. The molecule has 1 aliphatic rings. The molecule has 0 aromatic heterocycles. The maximum absolute atomic E-state index is 9.49. The summed E-state index contributed by atoms with van der Waals surface area (Å²) in [5.74, 6) is 0.564. The summed E-state index contributed by atoms with van der Waals surface area (Å²) in [6.45, 7) is 6.83. The molecule has 118 valence electrons. The van der Waals surface area contributed by atoms with E-state index in [2.05, 4.69) is 31.3 Å². The van der Waals surface area contributed by atoms with Crippen LogP contribution in [0.3, 0.4) is 0 Å². The lowest BCUT2D eigenvalue weighted by Crippen LogP contribution is -2.54. The van der Waals surface area contributed by atoms with Crippen molar-refractivity contribution < 1.29 is 9.84 Å². The zero-order valence-corrected chi connectivity index (χ0v) is 13.7. The van der Waals surface area contributed by atoms with Crippen LogP contribution in [0.15, 0.2) is 24.3 Å². The van der Waals surface area contributed by atoms with Crippen LogP contribution in [0.5, 0.6) is 0 Å². The summed E-state index contributed by atoms with van der Waals surface area (Å²) in [5, 5.41) is 13.9. The molecular formula is C17H26ClNO2. The van der Waals surface area contributed by atoms with Gasteiger partial charge in [0.2, 0.25) is 0 Å². The lowest BCUT2D eigenvalue weighted by atomic mass is 9.86. The van der Waals surface area contributed by atoms with Crippen LogP contribution in [0.25, 0.3) is 0 Å². The van der Waals surface area contributed by atoms with Crippen LogP contribution >= 0.6 is 11.6 Å². The van der Waals surface area contributed by atoms with Gasteiger partial charge in [0.25, 0.3) is 0 Å². The van der Waals surface area contributed by atoms with Crippen LogP contribution in [0.1, 0.15) is 25.8 Å². The molecule has 0 spiro atoms. The minimum atomic E-state index is -0.0621. The first-order valence-corrected chi connectivity index (χ1v) is 8.09. The zero-order chi connectivity index (χ0) is 15.3. The highest BCUT2D eigenvalue weighted by atomic mass is 35.5. The molecule has 2 rings (SSSR count). The van der Waals surface area contributed by atoms with Gasteiger partial charge in [-0.05, 0) is 36.5 Å². The van der Waals surface area contributed by atoms with Gasteiger partial charge in [-0.1, -0.05) is 37.6 Å². The summed E-state index contributed by atoms with van der Waals surface area (Å²) in [5.41, 5.74) is 1.25. The highest BCUT2D eigenvalue weighted by Gasteiger charge is 2.38. The third kappa shape index (κ3) is 4.68. The molecular weight excluding hydrogens is 286 g/mol. The fourth-order valence-electron chi connectivity index (χ4n) is 2.63. The Balaban J connectivity index is 1.83. The van der Waals surface area contributed by atoms with Gasteiger partial charge < -0.3 is 15.2 Å².